The Balaban J connectivity index is 1.82. The first-order valence-corrected chi connectivity index (χ1v) is 8.37. The first-order chi connectivity index (χ1) is 11.6. The van der Waals surface area contributed by atoms with Crippen molar-refractivity contribution in [1.29, 1.82) is 0 Å². The van der Waals surface area contributed by atoms with E-state index in [1.807, 2.05) is 24.3 Å². The van der Waals surface area contributed by atoms with E-state index in [0.717, 1.165) is 23.5 Å². The van der Waals surface area contributed by atoms with Gasteiger partial charge in [-0.25, -0.2) is 0 Å². The molecule has 2 aromatic rings. The molecule has 0 aliphatic carbocycles. The van der Waals surface area contributed by atoms with Crippen LogP contribution in [0, 0.1) is 10.1 Å². The van der Waals surface area contributed by atoms with Crippen molar-refractivity contribution in [1.82, 2.24) is 0 Å². The van der Waals surface area contributed by atoms with E-state index in [1.165, 1.54) is 29.5 Å². The molecule has 0 radical (unpaired) electrons. The summed E-state index contributed by atoms with van der Waals surface area (Å²) in [7, 11) is 1.68. The lowest BCUT2D eigenvalue weighted by Crippen LogP contribution is -2.07. The molecule has 0 saturated carbocycles. The van der Waals surface area contributed by atoms with Crippen molar-refractivity contribution in [3.63, 3.8) is 0 Å². The summed E-state index contributed by atoms with van der Waals surface area (Å²) in [6.07, 6.45) is 0.906. The average molecular weight is 345 g/mol. The quantitative estimate of drug-likeness (QED) is 0.359. The fourth-order valence-corrected chi connectivity index (χ4v) is 2.65. The van der Waals surface area contributed by atoms with Crippen molar-refractivity contribution in [2.45, 2.75) is 13.0 Å². The summed E-state index contributed by atoms with van der Waals surface area (Å²) < 4.78 is 5.69. The topological polar surface area (TPSA) is 90.8 Å². The highest BCUT2D eigenvalue weighted by Crippen LogP contribution is 2.17. The summed E-state index contributed by atoms with van der Waals surface area (Å²) in [5.41, 5.74) is 7.80. The highest BCUT2D eigenvalue weighted by molar-refractivity contribution is 8.13. The van der Waals surface area contributed by atoms with Crippen LogP contribution in [0.2, 0.25) is 0 Å². The normalized spacial score (nSPS) is 11.3. The van der Waals surface area contributed by atoms with Crippen molar-refractivity contribution in [2.75, 3.05) is 12.8 Å². The Morgan fingerprint density at radius 2 is 1.79 bits per heavy atom. The molecule has 126 valence electrons. The number of ether oxygens (including phenoxy) is 1. The van der Waals surface area contributed by atoms with Gasteiger partial charge < -0.3 is 10.5 Å². The molecular formula is C17H19N3O3S. The van der Waals surface area contributed by atoms with Crippen LogP contribution in [0.4, 0.5) is 5.69 Å². The zero-order chi connectivity index (χ0) is 17.4. The number of hydrogen-bond donors (Lipinski definition) is 1. The van der Waals surface area contributed by atoms with Crippen LogP contribution < -0.4 is 10.5 Å². The maximum absolute atomic E-state index is 10.6. The molecule has 0 heterocycles. The van der Waals surface area contributed by atoms with E-state index in [2.05, 4.69) is 4.99 Å². The Morgan fingerprint density at radius 3 is 2.38 bits per heavy atom. The van der Waals surface area contributed by atoms with Crippen LogP contribution in [0.3, 0.4) is 0 Å². The number of nitro benzene ring substituents is 1. The molecule has 0 amide bonds. The van der Waals surface area contributed by atoms with Crippen molar-refractivity contribution in [3.8, 4) is 5.75 Å². The lowest BCUT2D eigenvalue weighted by molar-refractivity contribution is -0.384. The minimum Gasteiger partial charge on any atom is -0.489 e. The predicted molar refractivity (Wildman–Crippen MR) is 97.6 cm³/mol. The lowest BCUT2D eigenvalue weighted by atomic mass is 10.2. The summed E-state index contributed by atoms with van der Waals surface area (Å²) in [6.45, 7) is 0.372. The Labute approximate surface area is 144 Å². The van der Waals surface area contributed by atoms with Crippen LogP contribution in [0.15, 0.2) is 53.5 Å². The predicted octanol–water partition coefficient (Wildman–Crippen LogP) is 3.39. The van der Waals surface area contributed by atoms with Crippen LogP contribution in [-0.2, 0) is 13.0 Å². The standard InChI is InChI=1S/C17H19N3O3S/c1-19-17(18)24-11-10-13-4-8-16(9-5-13)23-12-14-2-6-15(7-3-14)20(21)22/h2-9H,10-12H2,1H3,(H2,18,19). The molecule has 2 aromatic carbocycles. The molecule has 0 bridgehead atoms. The molecule has 7 heteroatoms. The number of non-ortho nitro benzene ring substituents is 1. The van der Waals surface area contributed by atoms with Gasteiger partial charge >= 0.3 is 0 Å². The zero-order valence-electron chi connectivity index (χ0n) is 13.3. The van der Waals surface area contributed by atoms with E-state index in [4.69, 9.17) is 10.5 Å². The first kappa shape index (κ1) is 17.8. The summed E-state index contributed by atoms with van der Waals surface area (Å²) in [6, 6.07) is 14.2. The molecule has 0 spiro atoms. The van der Waals surface area contributed by atoms with Crippen LogP contribution in [0.25, 0.3) is 0 Å². The molecule has 0 atom stereocenters. The van der Waals surface area contributed by atoms with Gasteiger partial charge in [0.25, 0.3) is 5.69 Å². The van der Waals surface area contributed by atoms with E-state index >= 15 is 0 Å². The molecule has 2 rings (SSSR count). The van der Waals surface area contributed by atoms with Crippen molar-refractivity contribution in [3.05, 3.63) is 69.8 Å². The molecule has 24 heavy (non-hydrogen) atoms. The summed E-state index contributed by atoms with van der Waals surface area (Å²) >= 11 is 1.53. The third-order valence-electron chi connectivity index (χ3n) is 3.34. The molecule has 0 saturated heterocycles. The van der Waals surface area contributed by atoms with Crippen LogP contribution >= 0.6 is 11.8 Å². The minimum atomic E-state index is -0.415. The number of aliphatic imine (C=N–C) groups is 1. The van der Waals surface area contributed by atoms with Gasteiger partial charge in [0, 0.05) is 24.9 Å². The average Bonchev–Trinajstić information content (AvgIpc) is 2.61. The second-order valence-electron chi connectivity index (χ2n) is 5.02. The molecule has 0 aromatic heterocycles. The Bertz CT molecular complexity index is 700. The number of nitrogens with two attached hydrogens (primary N) is 1. The van der Waals surface area contributed by atoms with Gasteiger partial charge in [-0.15, -0.1) is 0 Å². The van der Waals surface area contributed by atoms with E-state index in [0.29, 0.717) is 11.8 Å². The summed E-state index contributed by atoms with van der Waals surface area (Å²) in [5.74, 6) is 1.64. The third kappa shape index (κ3) is 5.58. The van der Waals surface area contributed by atoms with Gasteiger partial charge in [0.2, 0.25) is 0 Å². The van der Waals surface area contributed by atoms with E-state index in [-0.39, 0.29) is 5.69 Å². The smallest absolute Gasteiger partial charge is 0.269 e. The van der Waals surface area contributed by atoms with E-state index in [1.54, 1.807) is 19.2 Å². The monoisotopic (exact) mass is 345 g/mol. The molecular weight excluding hydrogens is 326 g/mol. The molecule has 0 aliphatic rings. The number of benzene rings is 2. The van der Waals surface area contributed by atoms with E-state index in [9.17, 15) is 10.1 Å². The molecule has 2 N–H and O–H groups in total. The SMILES string of the molecule is CN=C(N)SCCc1ccc(OCc2ccc([N+](=O)[O-])cc2)cc1. The molecule has 0 unspecified atom stereocenters. The van der Waals surface area contributed by atoms with Gasteiger partial charge in [-0.05, 0) is 41.8 Å². The number of thioether (sulfide) groups is 1. The van der Waals surface area contributed by atoms with Gasteiger partial charge in [0.15, 0.2) is 5.17 Å². The maximum Gasteiger partial charge on any atom is 0.269 e. The highest BCUT2D eigenvalue weighted by Gasteiger charge is 2.04. The fraction of sp³-hybridized carbons (Fsp3) is 0.235. The fourth-order valence-electron chi connectivity index (χ4n) is 1.97. The molecule has 0 fully saturated rings. The Morgan fingerprint density at radius 1 is 1.17 bits per heavy atom. The first-order valence-electron chi connectivity index (χ1n) is 7.38. The Kier molecular flexibility index (Phi) is 6.62. The molecule has 6 nitrogen and oxygen atoms in total. The second-order valence-corrected chi connectivity index (χ2v) is 6.13. The van der Waals surface area contributed by atoms with Gasteiger partial charge in [0.05, 0.1) is 4.92 Å². The number of nitrogens with zero attached hydrogens (tertiary/aromatic N) is 2. The maximum atomic E-state index is 10.6. The number of rotatable bonds is 7. The number of hydrogen-bond acceptors (Lipinski definition) is 5. The van der Waals surface area contributed by atoms with Gasteiger partial charge in [-0.3, -0.25) is 15.1 Å². The lowest BCUT2D eigenvalue weighted by Gasteiger charge is -2.07. The number of amidine groups is 1. The van der Waals surface area contributed by atoms with Crippen molar-refractivity contribution < 1.29 is 9.66 Å². The van der Waals surface area contributed by atoms with Crippen LogP contribution in [0.1, 0.15) is 11.1 Å². The van der Waals surface area contributed by atoms with Crippen molar-refractivity contribution >= 4 is 22.6 Å². The highest BCUT2D eigenvalue weighted by atomic mass is 32.2. The van der Waals surface area contributed by atoms with Crippen LogP contribution in [-0.4, -0.2) is 22.9 Å². The minimum absolute atomic E-state index is 0.0785. The Hall–Kier alpha value is -2.54. The molecule has 0 aliphatic heterocycles. The number of nitro groups is 1. The third-order valence-corrected chi connectivity index (χ3v) is 4.22. The largest absolute Gasteiger partial charge is 0.489 e. The summed E-state index contributed by atoms with van der Waals surface area (Å²) in [4.78, 5) is 14.1. The van der Waals surface area contributed by atoms with Gasteiger partial charge in [-0.1, -0.05) is 23.9 Å². The van der Waals surface area contributed by atoms with Crippen molar-refractivity contribution in [2.24, 2.45) is 10.7 Å². The van der Waals surface area contributed by atoms with Gasteiger partial charge in [0.1, 0.15) is 12.4 Å². The van der Waals surface area contributed by atoms with Gasteiger partial charge in [-0.2, -0.15) is 0 Å². The summed E-state index contributed by atoms with van der Waals surface area (Å²) in [5, 5.41) is 11.2. The number of aryl methyl sites for hydroxylation is 1. The zero-order valence-corrected chi connectivity index (χ0v) is 14.2. The second kappa shape index (κ2) is 8.93. The van der Waals surface area contributed by atoms with E-state index < -0.39 is 4.92 Å². The van der Waals surface area contributed by atoms with Crippen LogP contribution in [0.5, 0.6) is 5.75 Å².